The maximum Gasteiger partial charge on any atom is 0.323 e. The van der Waals surface area contributed by atoms with Gasteiger partial charge >= 0.3 is 23.9 Å². The molecule has 0 aliphatic carbocycles. The zero-order valence-electron chi connectivity index (χ0n) is 28.4. The molecule has 1 fully saturated rings. The Labute approximate surface area is 290 Å². The Kier molecular flexibility index (Phi) is 19.7. The molecule has 4 unspecified atom stereocenters. The van der Waals surface area contributed by atoms with Gasteiger partial charge in [-0.25, -0.2) is 0 Å². The van der Waals surface area contributed by atoms with Crippen LogP contribution in [-0.4, -0.2) is 209 Å². The van der Waals surface area contributed by atoms with E-state index in [0.29, 0.717) is 44.3 Å². The Morgan fingerprint density at radius 3 is 1.24 bits per heavy atom. The molecule has 284 valence electrons. The number of hydrogen-bond acceptors (Lipinski definition) is 14. The molecule has 1 aliphatic rings. The predicted octanol–water partition coefficient (Wildman–Crippen LogP) is -2.33. The second kappa shape index (κ2) is 23.1. The molecule has 4 atom stereocenters. The summed E-state index contributed by atoms with van der Waals surface area (Å²) in [5.41, 5.74) is 0.662. The van der Waals surface area contributed by atoms with Crippen molar-refractivity contribution in [2.45, 2.75) is 37.5 Å². The van der Waals surface area contributed by atoms with E-state index in [0.717, 1.165) is 0 Å². The molecule has 1 saturated heterocycles. The maximum atomic E-state index is 12.7. The molecule has 0 spiro atoms. The van der Waals surface area contributed by atoms with Gasteiger partial charge in [0.2, 0.25) is 0 Å². The van der Waals surface area contributed by atoms with Crippen molar-refractivity contribution in [3.05, 3.63) is 29.8 Å². The van der Waals surface area contributed by atoms with Gasteiger partial charge in [-0.2, -0.15) is 0 Å². The van der Waals surface area contributed by atoms with Gasteiger partial charge in [-0.05, 0) is 31.0 Å². The monoisotopic (exact) mass is 716 g/mol. The number of hydrogen-bond donors (Lipinski definition) is 7. The number of aliphatic hydroxyl groups is 3. The number of nitrogens with zero attached hydrogens (tertiary/aromatic N) is 4. The van der Waals surface area contributed by atoms with Crippen LogP contribution in [0.1, 0.15) is 12.5 Å². The lowest BCUT2D eigenvalue weighted by atomic mass is 10.0. The molecule has 1 heterocycles. The van der Waals surface area contributed by atoms with Crippen LogP contribution in [0.3, 0.4) is 0 Å². The van der Waals surface area contributed by atoms with Crippen molar-refractivity contribution in [2.24, 2.45) is 0 Å². The molecule has 18 nitrogen and oxygen atoms in total. The zero-order valence-corrected chi connectivity index (χ0v) is 28.4. The molecule has 2 rings (SSSR count). The molecule has 0 saturated carbocycles. The molecular formula is C32H52N4O14. The first-order valence-corrected chi connectivity index (χ1v) is 16.5. The summed E-state index contributed by atoms with van der Waals surface area (Å²) >= 11 is 0. The van der Waals surface area contributed by atoms with E-state index in [9.17, 15) is 54.9 Å². The van der Waals surface area contributed by atoms with Crippen molar-refractivity contribution in [2.75, 3.05) is 105 Å². The van der Waals surface area contributed by atoms with Crippen molar-refractivity contribution in [1.29, 1.82) is 0 Å². The average molecular weight is 717 g/mol. The number of carbonyl (C=O) groups is 4. The molecule has 1 aliphatic heterocycles. The van der Waals surface area contributed by atoms with E-state index in [-0.39, 0.29) is 58.8 Å². The SMILES string of the molecule is CCOCCOCCOc1ccc(CC(C(=O)O)N2CCN(C(CO)C(=O)O)CCN(C(CO)C(=O)O)CCN(C(CO)C(=O)O)CC2)cc1. The molecule has 1 aromatic rings. The van der Waals surface area contributed by atoms with Gasteiger partial charge in [0.15, 0.2) is 0 Å². The molecule has 0 aromatic heterocycles. The third-order valence-corrected chi connectivity index (χ3v) is 8.54. The van der Waals surface area contributed by atoms with Gasteiger partial charge in [0.25, 0.3) is 0 Å². The highest BCUT2D eigenvalue weighted by Gasteiger charge is 2.34. The van der Waals surface area contributed by atoms with Gasteiger partial charge in [-0.15, -0.1) is 0 Å². The molecule has 18 heteroatoms. The van der Waals surface area contributed by atoms with Crippen LogP contribution in [0.5, 0.6) is 5.75 Å². The number of aliphatic carboxylic acids is 4. The van der Waals surface area contributed by atoms with Crippen LogP contribution < -0.4 is 4.74 Å². The Balaban J connectivity index is 2.34. The largest absolute Gasteiger partial charge is 0.491 e. The van der Waals surface area contributed by atoms with Crippen molar-refractivity contribution in [1.82, 2.24) is 19.6 Å². The summed E-state index contributed by atoms with van der Waals surface area (Å²) < 4.78 is 16.3. The molecule has 50 heavy (non-hydrogen) atoms. The van der Waals surface area contributed by atoms with Crippen LogP contribution >= 0.6 is 0 Å². The fraction of sp³-hybridized carbons (Fsp3) is 0.688. The normalized spacial score (nSPS) is 18.6. The summed E-state index contributed by atoms with van der Waals surface area (Å²) in [6, 6.07) is 1.57. The van der Waals surface area contributed by atoms with Crippen LogP contribution in [0.15, 0.2) is 24.3 Å². The second-order valence-electron chi connectivity index (χ2n) is 11.6. The standard InChI is InChI=1S/C32H52N4O14/c1-2-48-15-16-49-17-18-50-24-5-3-23(4-6-24)19-25(29(40)41)33-7-9-34(26(20-37)30(42)43)11-13-36(28(22-39)32(46)47)14-12-35(10-8-33)27(21-38)31(44)45/h3-6,25-28,37-39H,2,7-22H2,1H3,(H,40,41)(H,42,43)(H,44,45)(H,46,47). The third-order valence-electron chi connectivity index (χ3n) is 8.54. The molecule has 0 amide bonds. The van der Waals surface area contributed by atoms with Gasteiger partial charge in [-0.1, -0.05) is 12.1 Å². The van der Waals surface area contributed by atoms with E-state index >= 15 is 0 Å². The van der Waals surface area contributed by atoms with E-state index in [2.05, 4.69) is 0 Å². The van der Waals surface area contributed by atoms with E-state index in [1.54, 1.807) is 29.2 Å². The topological polar surface area (TPSA) is 251 Å². The van der Waals surface area contributed by atoms with Gasteiger partial charge < -0.3 is 50.0 Å². The fourth-order valence-corrected chi connectivity index (χ4v) is 5.67. The number of rotatable bonds is 21. The molecule has 0 radical (unpaired) electrons. The summed E-state index contributed by atoms with van der Waals surface area (Å²) in [4.78, 5) is 54.6. The zero-order chi connectivity index (χ0) is 37.1. The second-order valence-corrected chi connectivity index (χ2v) is 11.6. The maximum absolute atomic E-state index is 12.7. The highest BCUT2D eigenvalue weighted by atomic mass is 16.5. The van der Waals surface area contributed by atoms with Crippen molar-refractivity contribution < 1.29 is 69.1 Å². The van der Waals surface area contributed by atoms with Gasteiger partial charge in [0.1, 0.15) is 36.5 Å². The number of benzene rings is 1. The smallest absolute Gasteiger partial charge is 0.323 e. The molecule has 0 bridgehead atoms. The first-order valence-electron chi connectivity index (χ1n) is 16.5. The third kappa shape index (κ3) is 14.0. The highest BCUT2D eigenvalue weighted by molar-refractivity contribution is 5.75. The number of carboxylic acid groups (broad SMARTS) is 4. The first-order chi connectivity index (χ1) is 24.0. The Bertz CT molecular complexity index is 1140. The number of ether oxygens (including phenoxy) is 3. The molecular weight excluding hydrogens is 664 g/mol. The lowest BCUT2D eigenvalue weighted by Crippen LogP contribution is -2.57. The summed E-state index contributed by atoms with van der Waals surface area (Å²) in [5, 5.41) is 69.4. The number of carboxylic acids is 4. The summed E-state index contributed by atoms with van der Waals surface area (Å²) in [5.74, 6) is -4.63. The van der Waals surface area contributed by atoms with E-state index in [1.807, 2.05) is 6.92 Å². The first kappa shape index (κ1) is 42.7. The highest BCUT2D eigenvalue weighted by Crippen LogP contribution is 2.17. The molecule has 7 N–H and O–H groups in total. The molecule has 1 aromatic carbocycles. The fourth-order valence-electron chi connectivity index (χ4n) is 5.67. The Morgan fingerprint density at radius 1 is 0.560 bits per heavy atom. The number of aliphatic hydroxyl groups excluding tert-OH is 3. The Hall–Kier alpha value is -3.46. The lowest BCUT2D eigenvalue weighted by molar-refractivity contribution is -0.149. The van der Waals surface area contributed by atoms with Crippen molar-refractivity contribution >= 4 is 23.9 Å². The quantitative estimate of drug-likeness (QED) is 0.0659. The van der Waals surface area contributed by atoms with Crippen LogP contribution in [0.25, 0.3) is 0 Å². The van der Waals surface area contributed by atoms with Crippen LogP contribution in [0, 0.1) is 0 Å². The minimum Gasteiger partial charge on any atom is -0.491 e. The van der Waals surface area contributed by atoms with Gasteiger partial charge in [-0.3, -0.25) is 38.8 Å². The summed E-state index contributed by atoms with van der Waals surface area (Å²) in [6.45, 7) is 1.35. The van der Waals surface area contributed by atoms with Crippen LogP contribution in [-0.2, 0) is 35.1 Å². The van der Waals surface area contributed by atoms with Crippen molar-refractivity contribution in [3.8, 4) is 5.75 Å². The van der Waals surface area contributed by atoms with E-state index < -0.39 is 67.9 Å². The predicted molar refractivity (Wildman–Crippen MR) is 176 cm³/mol. The summed E-state index contributed by atoms with van der Waals surface area (Å²) in [6.07, 6.45) is 0.0332. The summed E-state index contributed by atoms with van der Waals surface area (Å²) in [7, 11) is 0. The van der Waals surface area contributed by atoms with Gasteiger partial charge in [0, 0.05) is 59.0 Å². The minimum absolute atomic E-state index is 0.0156. The van der Waals surface area contributed by atoms with E-state index in [4.69, 9.17) is 14.2 Å². The van der Waals surface area contributed by atoms with E-state index in [1.165, 1.54) is 14.7 Å². The average Bonchev–Trinajstić information content (AvgIpc) is 3.07. The van der Waals surface area contributed by atoms with Crippen LogP contribution in [0.2, 0.25) is 0 Å². The lowest BCUT2D eigenvalue weighted by Gasteiger charge is -2.39. The minimum atomic E-state index is -1.39. The van der Waals surface area contributed by atoms with Gasteiger partial charge in [0.05, 0.1) is 39.6 Å². The van der Waals surface area contributed by atoms with Crippen molar-refractivity contribution in [3.63, 3.8) is 0 Å². The van der Waals surface area contributed by atoms with Crippen LogP contribution in [0.4, 0.5) is 0 Å². The Morgan fingerprint density at radius 2 is 0.900 bits per heavy atom.